The molecular weight excluding hydrogens is 246 g/mol. The van der Waals surface area contributed by atoms with Gasteiger partial charge >= 0.3 is 0 Å². The van der Waals surface area contributed by atoms with Crippen LogP contribution >= 0.6 is 0 Å². The first-order valence-electron chi connectivity index (χ1n) is 6.63. The summed E-state index contributed by atoms with van der Waals surface area (Å²) in [5.74, 6) is 0.231. The zero-order valence-corrected chi connectivity index (χ0v) is 11.4. The van der Waals surface area contributed by atoms with E-state index >= 15 is 0 Å². The highest BCUT2D eigenvalue weighted by Gasteiger charge is 2.32. The Balaban J connectivity index is 1.98. The van der Waals surface area contributed by atoms with E-state index in [1.54, 1.807) is 0 Å². The minimum atomic E-state index is -3.38. The number of rotatable bonds is 4. The molecule has 2 unspecified atom stereocenters. The van der Waals surface area contributed by atoms with E-state index in [0.717, 1.165) is 38.5 Å². The molecule has 1 aliphatic rings. The van der Waals surface area contributed by atoms with E-state index in [2.05, 4.69) is 12.1 Å². The SMILES string of the molecule is NS(=O)(=O)C1CCCCC1CCc1ccccc1. The van der Waals surface area contributed by atoms with Crippen LogP contribution in [-0.4, -0.2) is 13.7 Å². The molecule has 4 heteroatoms. The van der Waals surface area contributed by atoms with Crippen molar-refractivity contribution in [2.45, 2.75) is 43.8 Å². The molecule has 0 bridgehead atoms. The second-order valence-electron chi connectivity index (χ2n) is 5.20. The minimum Gasteiger partial charge on any atom is -0.228 e. The van der Waals surface area contributed by atoms with Gasteiger partial charge in [0.05, 0.1) is 5.25 Å². The van der Waals surface area contributed by atoms with Crippen LogP contribution in [-0.2, 0) is 16.4 Å². The Kier molecular flexibility index (Phi) is 4.40. The normalized spacial score (nSPS) is 24.9. The topological polar surface area (TPSA) is 60.2 Å². The van der Waals surface area contributed by atoms with Gasteiger partial charge < -0.3 is 0 Å². The lowest BCUT2D eigenvalue weighted by Gasteiger charge is -2.29. The average Bonchev–Trinajstić information content (AvgIpc) is 2.37. The van der Waals surface area contributed by atoms with Gasteiger partial charge in [-0.3, -0.25) is 0 Å². The monoisotopic (exact) mass is 267 g/mol. The van der Waals surface area contributed by atoms with Crippen LogP contribution in [0.1, 0.15) is 37.7 Å². The number of aryl methyl sites for hydroxylation is 1. The molecule has 1 aromatic rings. The lowest BCUT2D eigenvalue weighted by Crippen LogP contribution is -2.37. The Hall–Kier alpha value is -0.870. The second kappa shape index (κ2) is 5.85. The summed E-state index contributed by atoms with van der Waals surface area (Å²) in [6.07, 6.45) is 5.71. The fourth-order valence-corrected chi connectivity index (χ4v) is 4.24. The Morgan fingerprint density at radius 2 is 1.78 bits per heavy atom. The molecule has 0 saturated heterocycles. The molecule has 0 amide bonds. The van der Waals surface area contributed by atoms with E-state index in [1.807, 2.05) is 18.2 Å². The van der Waals surface area contributed by atoms with Gasteiger partial charge in [-0.15, -0.1) is 0 Å². The van der Waals surface area contributed by atoms with Crippen molar-refractivity contribution in [1.82, 2.24) is 0 Å². The molecule has 18 heavy (non-hydrogen) atoms. The molecule has 1 aromatic carbocycles. The van der Waals surface area contributed by atoms with Crippen LogP contribution in [0.15, 0.2) is 30.3 Å². The average molecular weight is 267 g/mol. The summed E-state index contributed by atoms with van der Waals surface area (Å²) < 4.78 is 23.2. The van der Waals surface area contributed by atoms with Crippen molar-refractivity contribution in [2.75, 3.05) is 0 Å². The highest BCUT2D eigenvalue weighted by molar-refractivity contribution is 7.89. The molecule has 0 spiro atoms. The molecule has 0 aromatic heterocycles. The van der Waals surface area contributed by atoms with E-state index in [-0.39, 0.29) is 11.2 Å². The summed E-state index contributed by atoms with van der Waals surface area (Å²) in [4.78, 5) is 0. The maximum atomic E-state index is 11.6. The van der Waals surface area contributed by atoms with Crippen molar-refractivity contribution in [3.05, 3.63) is 35.9 Å². The number of primary sulfonamides is 1. The number of hydrogen-bond donors (Lipinski definition) is 1. The van der Waals surface area contributed by atoms with Gasteiger partial charge in [0.15, 0.2) is 0 Å². The van der Waals surface area contributed by atoms with Crippen LogP contribution in [0, 0.1) is 5.92 Å². The van der Waals surface area contributed by atoms with Gasteiger partial charge in [-0.05, 0) is 37.2 Å². The zero-order chi connectivity index (χ0) is 13.0. The zero-order valence-electron chi connectivity index (χ0n) is 10.6. The van der Waals surface area contributed by atoms with Crippen LogP contribution in [0.3, 0.4) is 0 Å². The molecule has 1 fully saturated rings. The van der Waals surface area contributed by atoms with Crippen LogP contribution < -0.4 is 5.14 Å². The highest BCUT2D eigenvalue weighted by atomic mass is 32.2. The van der Waals surface area contributed by atoms with Crippen molar-refractivity contribution in [3.63, 3.8) is 0 Å². The largest absolute Gasteiger partial charge is 0.228 e. The summed E-state index contributed by atoms with van der Waals surface area (Å²) in [5.41, 5.74) is 1.27. The Morgan fingerprint density at radius 1 is 1.11 bits per heavy atom. The molecule has 1 saturated carbocycles. The van der Waals surface area contributed by atoms with E-state index in [1.165, 1.54) is 5.56 Å². The summed E-state index contributed by atoms with van der Waals surface area (Å²) in [7, 11) is -3.38. The van der Waals surface area contributed by atoms with Crippen molar-refractivity contribution in [2.24, 2.45) is 11.1 Å². The van der Waals surface area contributed by atoms with Gasteiger partial charge in [0, 0.05) is 0 Å². The van der Waals surface area contributed by atoms with Crippen molar-refractivity contribution in [1.29, 1.82) is 0 Å². The summed E-state index contributed by atoms with van der Waals surface area (Å²) in [6.45, 7) is 0. The minimum absolute atomic E-state index is 0.231. The molecule has 3 nitrogen and oxygen atoms in total. The maximum Gasteiger partial charge on any atom is 0.212 e. The smallest absolute Gasteiger partial charge is 0.212 e. The summed E-state index contributed by atoms with van der Waals surface area (Å²) in [6, 6.07) is 10.2. The molecule has 0 heterocycles. The van der Waals surface area contributed by atoms with Gasteiger partial charge in [0.1, 0.15) is 0 Å². The van der Waals surface area contributed by atoms with Gasteiger partial charge in [0.25, 0.3) is 0 Å². The molecule has 2 atom stereocenters. The fourth-order valence-electron chi connectivity index (χ4n) is 2.93. The molecular formula is C14H21NO2S. The van der Waals surface area contributed by atoms with Gasteiger partial charge in [0.2, 0.25) is 10.0 Å². The predicted molar refractivity (Wildman–Crippen MR) is 73.6 cm³/mol. The number of hydrogen-bond acceptors (Lipinski definition) is 2. The Labute approximate surface area is 109 Å². The van der Waals surface area contributed by atoms with Crippen molar-refractivity contribution in [3.8, 4) is 0 Å². The Bertz CT molecular complexity index is 470. The van der Waals surface area contributed by atoms with Crippen LogP contribution in [0.5, 0.6) is 0 Å². The number of sulfonamides is 1. The standard InChI is InChI=1S/C14H21NO2S/c15-18(16,17)14-9-5-4-8-13(14)11-10-12-6-2-1-3-7-12/h1-3,6-7,13-14H,4-5,8-11H2,(H2,15,16,17). The first-order chi connectivity index (χ1) is 8.57. The van der Waals surface area contributed by atoms with Gasteiger partial charge in [-0.1, -0.05) is 43.2 Å². The number of benzene rings is 1. The third-order valence-corrected chi connectivity index (χ3v) is 5.37. The van der Waals surface area contributed by atoms with E-state index < -0.39 is 10.0 Å². The lowest BCUT2D eigenvalue weighted by molar-refractivity contribution is 0.338. The quantitative estimate of drug-likeness (QED) is 0.911. The second-order valence-corrected chi connectivity index (χ2v) is 6.98. The third-order valence-electron chi connectivity index (χ3n) is 3.91. The van der Waals surface area contributed by atoms with E-state index in [0.29, 0.717) is 0 Å². The molecule has 0 aliphatic heterocycles. The van der Waals surface area contributed by atoms with Crippen molar-refractivity contribution < 1.29 is 8.42 Å². The number of nitrogens with two attached hydrogens (primary N) is 1. The predicted octanol–water partition coefficient (Wildman–Crippen LogP) is 2.47. The third kappa shape index (κ3) is 3.56. The van der Waals surface area contributed by atoms with Gasteiger partial charge in [-0.25, -0.2) is 13.6 Å². The van der Waals surface area contributed by atoms with Gasteiger partial charge in [-0.2, -0.15) is 0 Å². The molecule has 0 radical (unpaired) electrons. The first-order valence-corrected chi connectivity index (χ1v) is 8.24. The van der Waals surface area contributed by atoms with Crippen molar-refractivity contribution >= 4 is 10.0 Å². The molecule has 2 N–H and O–H groups in total. The van der Waals surface area contributed by atoms with Crippen LogP contribution in [0.4, 0.5) is 0 Å². The first kappa shape index (κ1) is 13.6. The molecule has 2 rings (SSSR count). The molecule has 100 valence electrons. The van der Waals surface area contributed by atoms with E-state index in [9.17, 15) is 8.42 Å². The van der Waals surface area contributed by atoms with Crippen LogP contribution in [0.25, 0.3) is 0 Å². The molecule has 1 aliphatic carbocycles. The Morgan fingerprint density at radius 3 is 2.44 bits per heavy atom. The summed E-state index contributed by atoms with van der Waals surface area (Å²) in [5, 5.41) is 5.02. The maximum absolute atomic E-state index is 11.6. The van der Waals surface area contributed by atoms with E-state index in [4.69, 9.17) is 5.14 Å². The lowest BCUT2D eigenvalue weighted by atomic mass is 9.84. The van der Waals surface area contributed by atoms with Crippen LogP contribution in [0.2, 0.25) is 0 Å². The summed E-state index contributed by atoms with van der Waals surface area (Å²) >= 11 is 0. The fraction of sp³-hybridized carbons (Fsp3) is 0.571. The highest BCUT2D eigenvalue weighted by Crippen LogP contribution is 2.31.